The number of benzene rings is 1. The van der Waals surface area contributed by atoms with Crippen LogP contribution in [-0.2, 0) is 11.2 Å². The molecule has 126 valence electrons. The molecule has 5 heteroatoms. The van der Waals surface area contributed by atoms with E-state index in [1.54, 1.807) is 0 Å². The molecule has 1 heterocycles. The van der Waals surface area contributed by atoms with Gasteiger partial charge in [-0.05, 0) is 36.8 Å². The van der Waals surface area contributed by atoms with Gasteiger partial charge in [0.2, 0.25) is 0 Å². The van der Waals surface area contributed by atoms with Crippen LogP contribution in [0.15, 0.2) is 18.2 Å². The molecule has 1 aliphatic heterocycles. The number of hydrogen-bond donors (Lipinski definition) is 2. The third-order valence-electron chi connectivity index (χ3n) is 4.70. The lowest BCUT2D eigenvalue weighted by Crippen LogP contribution is -2.41. The van der Waals surface area contributed by atoms with Crippen molar-refractivity contribution in [3.05, 3.63) is 23.8 Å². The Kier molecular flexibility index (Phi) is 5.39. The van der Waals surface area contributed by atoms with E-state index in [0.29, 0.717) is 12.5 Å². The van der Waals surface area contributed by atoms with Crippen molar-refractivity contribution in [3.63, 3.8) is 0 Å². The molecule has 0 saturated heterocycles. The van der Waals surface area contributed by atoms with E-state index >= 15 is 0 Å². The summed E-state index contributed by atoms with van der Waals surface area (Å²) in [6.45, 7) is 1.25. The number of hydrogen-bond acceptors (Lipinski definition) is 4. The van der Waals surface area contributed by atoms with Gasteiger partial charge in [0.1, 0.15) is 18.1 Å². The molecule has 2 aliphatic rings. The molecule has 5 nitrogen and oxygen atoms in total. The van der Waals surface area contributed by atoms with Crippen LogP contribution < -0.4 is 14.8 Å². The minimum absolute atomic E-state index is 0.0358. The number of carboxylic acids is 1. The first-order chi connectivity index (χ1) is 11.2. The van der Waals surface area contributed by atoms with Crippen LogP contribution in [0.3, 0.4) is 0 Å². The van der Waals surface area contributed by atoms with Crippen LogP contribution >= 0.6 is 0 Å². The molecule has 2 N–H and O–H groups in total. The highest BCUT2D eigenvalue weighted by molar-refractivity contribution is 5.69. The van der Waals surface area contributed by atoms with Crippen LogP contribution in [0.2, 0.25) is 0 Å². The first-order valence-electron chi connectivity index (χ1n) is 8.54. The van der Waals surface area contributed by atoms with Crippen LogP contribution in [-0.4, -0.2) is 36.9 Å². The van der Waals surface area contributed by atoms with Crippen LogP contribution in [0, 0.1) is 5.92 Å². The van der Waals surface area contributed by atoms with Crippen molar-refractivity contribution in [1.29, 1.82) is 0 Å². The second-order valence-electron chi connectivity index (χ2n) is 6.57. The maximum absolute atomic E-state index is 10.6. The van der Waals surface area contributed by atoms with Gasteiger partial charge in [-0.15, -0.1) is 0 Å². The highest BCUT2D eigenvalue weighted by Crippen LogP contribution is 2.30. The monoisotopic (exact) mass is 319 g/mol. The van der Waals surface area contributed by atoms with Gasteiger partial charge in [-0.3, -0.25) is 4.79 Å². The van der Waals surface area contributed by atoms with Crippen molar-refractivity contribution < 1.29 is 19.4 Å². The molecule has 1 aromatic rings. The third-order valence-corrected chi connectivity index (χ3v) is 4.70. The summed E-state index contributed by atoms with van der Waals surface area (Å²) in [7, 11) is 0. The van der Waals surface area contributed by atoms with E-state index in [2.05, 4.69) is 5.32 Å². The second kappa shape index (κ2) is 7.68. The van der Waals surface area contributed by atoms with Gasteiger partial charge in [0.15, 0.2) is 0 Å². The molecule has 3 rings (SSSR count). The van der Waals surface area contributed by atoms with Crippen LogP contribution in [0.25, 0.3) is 0 Å². The Bertz CT molecular complexity index is 540. The lowest BCUT2D eigenvalue weighted by atomic mass is 9.90. The van der Waals surface area contributed by atoms with E-state index in [9.17, 15) is 4.79 Å². The Hall–Kier alpha value is -1.75. The molecule has 23 heavy (non-hydrogen) atoms. The summed E-state index contributed by atoms with van der Waals surface area (Å²) in [4.78, 5) is 10.6. The number of nitrogens with one attached hydrogen (secondary N) is 1. The fraction of sp³-hybridized carbons (Fsp3) is 0.611. The Balaban J connectivity index is 1.52. The predicted octanol–water partition coefficient (Wildman–Crippen LogP) is 2.62. The minimum Gasteiger partial charge on any atom is -0.493 e. The zero-order valence-corrected chi connectivity index (χ0v) is 13.4. The smallest absolute Gasteiger partial charge is 0.317 e. The van der Waals surface area contributed by atoms with Gasteiger partial charge in [0, 0.05) is 12.1 Å². The maximum Gasteiger partial charge on any atom is 0.317 e. The van der Waals surface area contributed by atoms with Crippen LogP contribution in [0.5, 0.6) is 11.5 Å². The molecule has 1 aromatic carbocycles. The first-order valence-corrected chi connectivity index (χ1v) is 8.54. The van der Waals surface area contributed by atoms with Gasteiger partial charge >= 0.3 is 5.97 Å². The van der Waals surface area contributed by atoms with Crippen molar-refractivity contribution in [2.45, 2.75) is 44.6 Å². The normalized spacial score (nSPS) is 21.3. The van der Waals surface area contributed by atoms with E-state index in [-0.39, 0.29) is 12.6 Å². The van der Waals surface area contributed by atoms with Crippen molar-refractivity contribution in [3.8, 4) is 11.5 Å². The molecule has 0 amide bonds. The van der Waals surface area contributed by atoms with Gasteiger partial charge in [-0.25, -0.2) is 0 Å². The lowest BCUT2D eigenvalue weighted by molar-refractivity contribution is -0.136. The van der Waals surface area contributed by atoms with Crippen molar-refractivity contribution in [2.24, 2.45) is 5.92 Å². The minimum atomic E-state index is -0.845. The van der Waals surface area contributed by atoms with Gasteiger partial charge in [0.05, 0.1) is 13.2 Å². The van der Waals surface area contributed by atoms with Crippen LogP contribution in [0.4, 0.5) is 0 Å². The Morgan fingerprint density at radius 2 is 2.13 bits per heavy atom. The number of aliphatic carboxylic acids is 1. The molecule has 1 atom stereocenters. The standard InChI is InChI=1S/C18H25NO4/c20-18(21)10-19-15-8-14-6-7-16(9-17(14)23-12-15)22-11-13-4-2-1-3-5-13/h6-7,9,13,15,19H,1-5,8,10-12H2,(H,20,21). The predicted molar refractivity (Wildman–Crippen MR) is 87.1 cm³/mol. The molecule has 0 spiro atoms. The van der Waals surface area contributed by atoms with Crippen molar-refractivity contribution in [2.75, 3.05) is 19.8 Å². The SMILES string of the molecule is O=C(O)CNC1COc2cc(OCC3CCCCC3)ccc2C1. The molecule has 1 aliphatic carbocycles. The lowest BCUT2D eigenvalue weighted by Gasteiger charge is -2.26. The highest BCUT2D eigenvalue weighted by atomic mass is 16.5. The molecule has 1 unspecified atom stereocenters. The van der Waals surface area contributed by atoms with E-state index in [1.165, 1.54) is 32.1 Å². The number of ether oxygens (including phenoxy) is 2. The van der Waals surface area contributed by atoms with E-state index in [1.807, 2.05) is 18.2 Å². The average Bonchev–Trinajstić information content (AvgIpc) is 2.59. The van der Waals surface area contributed by atoms with Gasteiger partial charge in [-0.2, -0.15) is 0 Å². The zero-order chi connectivity index (χ0) is 16.1. The summed E-state index contributed by atoms with van der Waals surface area (Å²) in [5.41, 5.74) is 1.10. The van der Waals surface area contributed by atoms with Crippen LogP contribution in [0.1, 0.15) is 37.7 Å². The number of rotatable bonds is 6. The quantitative estimate of drug-likeness (QED) is 0.843. The number of carboxylic acid groups (broad SMARTS) is 1. The van der Waals surface area contributed by atoms with Gasteiger partial charge in [-0.1, -0.05) is 25.3 Å². The van der Waals surface area contributed by atoms with E-state index in [0.717, 1.165) is 30.1 Å². The second-order valence-corrected chi connectivity index (χ2v) is 6.57. The Morgan fingerprint density at radius 3 is 2.91 bits per heavy atom. The summed E-state index contributed by atoms with van der Waals surface area (Å²) in [5, 5.41) is 11.7. The third kappa shape index (κ3) is 4.61. The molecular weight excluding hydrogens is 294 g/mol. The Labute approximate surface area is 137 Å². The number of fused-ring (bicyclic) bond motifs is 1. The molecule has 0 radical (unpaired) electrons. The molecule has 0 aromatic heterocycles. The fourth-order valence-corrected chi connectivity index (χ4v) is 3.37. The molecule has 1 saturated carbocycles. The van der Waals surface area contributed by atoms with Crippen molar-refractivity contribution >= 4 is 5.97 Å². The van der Waals surface area contributed by atoms with Crippen molar-refractivity contribution in [1.82, 2.24) is 5.32 Å². The summed E-state index contributed by atoms with van der Waals surface area (Å²) in [6, 6.07) is 6.03. The summed E-state index contributed by atoms with van der Waals surface area (Å²) in [6.07, 6.45) is 7.35. The molecule has 1 fully saturated rings. The molecule has 0 bridgehead atoms. The van der Waals surface area contributed by atoms with E-state index in [4.69, 9.17) is 14.6 Å². The summed E-state index contributed by atoms with van der Waals surface area (Å²) >= 11 is 0. The summed E-state index contributed by atoms with van der Waals surface area (Å²) < 4.78 is 11.7. The molecular formula is C18H25NO4. The first kappa shape index (κ1) is 16.1. The number of carbonyl (C=O) groups is 1. The fourth-order valence-electron chi connectivity index (χ4n) is 3.37. The summed E-state index contributed by atoms with van der Waals surface area (Å²) in [5.74, 6) is 1.57. The Morgan fingerprint density at radius 1 is 1.30 bits per heavy atom. The topological polar surface area (TPSA) is 67.8 Å². The highest BCUT2D eigenvalue weighted by Gasteiger charge is 2.21. The maximum atomic E-state index is 10.6. The van der Waals surface area contributed by atoms with E-state index < -0.39 is 5.97 Å². The zero-order valence-electron chi connectivity index (χ0n) is 13.4. The average molecular weight is 319 g/mol. The largest absolute Gasteiger partial charge is 0.493 e. The van der Waals surface area contributed by atoms with Gasteiger partial charge in [0.25, 0.3) is 0 Å². The van der Waals surface area contributed by atoms with Gasteiger partial charge < -0.3 is 19.9 Å².